The molecule has 0 aromatic rings. The van der Waals surface area contributed by atoms with E-state index in [4.69, 9.17) is 5.11 Å². The molecule has 0 aliphatic carbocycles. The summed E-state index contributed by atoms with van der Waals surface area (Å²) in [4.78, 5) is 4.50. The second-order valence-electron chi connectivity index (χ2n) is 5.40. The van der Waals surface area contributed by atoms with Crippen molar-refractivity contribution < 1.29 is 5.11 Å². The van der Waals surface area contributed by atoms with Crippen molar-refractivity contribution in [3.8, 4) is 0 Å². The van der Waals surface area contributed by atoms with Crippen LogP contribution in [0.15, 0.2) is 4.99 Å². The summed E-state index contributed by atoms with van der Waals surface area (Å²) in [6.45, 7) is 10.2. The Morgan fingerprint density at radius 2 is 1.89 bits per heavy atom. The smallest absolute Gasteiger partial charge is 0.191 e. The van der Waals surface area contributed by atoms with Gasteiger partial charge in [-0.3, -0.25) is 4.99 Å². The van der Waals surface area contributed by atoms with Gasteiger partial charge in [0, 0.05) is 25.7 Å². The van der Waals surface area contributed by atoms with Gasteiger partial charge in [-0.25, -0.2) is 0 Å². The van der Waals surface area contributed by atoms with Crippen LogP contribution in [0.25, 0.3) is 0 Å². The Morgan fingerprint density at radius 1 is 1.16 bits per heavy atom. The van der Waals surface area contributed by atoms with Crippen molar-refractivity contribution in [1.29, 1.82) is 0 Å². The van der Waals surface area contributed by atoms with E-state index in [-0.39, 0.29) is 12.5 Å². The molecule has 0 aromatic heterocycles. The lowest BCUT2D eigenvalue weighted by Crippen LogP contribution is -2.42. The van der Waals surface area contributed by atoms with E-state index in [1.165, 1.54) is 32.1 Å². The number of hydrogen-bond acceptors (Lipinski definition) is 2. The van der Waals surface area contributed by atoms with E-state index in [9.17, 15) is 0 Å². The largest absolute Gasteiger partial charge is 0.396 e. The van der Waals surface area contributed by atoms with Crippen molar-refractivity contribution in [3.63, 3.8) is 0 Å². The second-order valence-corrected chi connectivity index (χ2v) is 5.40. The van der Waals surface area contributed by atoms with Crippen molar-refractivity contribution in [2.24, 2.45) is 10.9 Å². The molecule has 114 valence electrons. The first kappa shape index (κ1) is 18.2. The van der Waals surface area contributed by atoms with Crippen molar-refractivity contribution in [2.45, 2.75) is 65.8 Å². The van der Waals surface area contributed by atoms with Crippen LogP contribution in [0.1, 0.15) is 59.8 Å². The van der Waals surface area contributed by atoms with E-state index in [0.717, 1.165) is 12.5 Å². The summed E-state index contributed by atoms with van der Waals surface area (Å²) in [5.41, 5.74) is 0. The number of unbranched alkanes of at least 4 members (excludes halogenated alkanes) is 3. The van der Waals surface area contributed by atoms with Crippen LogP contribution in [0.4, 0.5) is 0 Å². The molecule has 4 heteroatoms. The van der Waals surface area contributed by atoms with Crippen molar-refractivity contribution in [3.05, 3.63) is 0 Å². The number of rotatable bonds is 10. The average Bonchev–Trinajstić information content (AvgIpc) is 2.40. The molecule has 0 radical (unpaired) electrons. The molecule has 0 fully saturated rings. The zero-order valence-electron chi connectivity index (χ0n) is 13.2. The minimum absolute atomic E-state index is 0.190. The standard InChI is InChI=1S/C15H33N3O/c1-5-7-8-9-10-14(4)18-15(16-6-2)17-11-13(3)12-19/h13-14,19H,5-12H2,1-4H3,(H2,16,17,18). The zero-order chi connectivity index (χ0) is 14.5. The van der Waals surface area contributed by atoms with Gasteiger partial charge in [-0.2, -0.15) is 0 Å². The normalized spacial score (nSPS) is 15.1. The molecule has 0 saturated heterocycles. The Hall–Kier alpha value is -0.770. The highest BCUT2D eigenvalue weighted by molar-refractivity contribution is 5.80. The fraction of sp³-hybridized carbons (Fsp3) is 0.933. The molecular formula is C15H33N3O. The molecular weight excluding hydrogens is 238 g/mol. The maximum atomic E-state index is 9.02. The van der Waals surface area contributed by atoms with Crippen LogP contribution >= 0.6 is 0 Å². The fourth-order valence-corrected chi connectivity index (χ4v) is 1.81. The summed E-state index contributed by atoms with van der Waals surface area (Å²) in [5, 5.41) is 15.7. The lowest BCUT2D eigenvalue weighted by atomic mass is 10.1. The number of nitrogens with one attached hydrogen (secondary N) is 2. The lowest BCUT2D eigenvalue weighted by molar-refractivity contribution is 0.241. The fourth-order valence-electron chi connectivity index (χ4n) is 1.81. The van der Waals surface area contributed by atoms with Gasteiger partial charge < -0.3 is 15.7 Å². The molecule has 0 heterocycles. The van der Waals surface area contributed by atoms with Crippen LogP contribution in [-0.2, 0) is 0 Å². The van der Waals surface area contributed by atoms with Crippen LogP contribution in [0.2, 0.25) is 0 Å². The van der Waals surface area contributed by atoms with E-state index in [2.05, 4.69) is 36.4 Å². The number of aliphatic imine (C=N–C) groups is 1. The minimum atomic E-state index is 0.190. The average molecular weight is 271 g/mol. The van der Waals surface area contributed by atoms with Crippen molar-refractivity contribution in [2.75, 3.05) is 19.7 Å². The van der Waals surface area contributed by atoms with E-state index in [1.54, 1.807) is 0 Å². The SMILES string of the molecule is CCCCCCC(C)NC(=NCC(C)CO)NCC. The topological polar surface area (TPSA) is 56.7 Å². The van der Waals surface area contributed by atoms with Gasteiger partial charge in [0.15, 0.2) is 5.96 Å². The summed E-state index contributed by atoms with van der Waals surface area (Å²) in [7, 11) is 0. The number of aliphatic hydroxyl groups excluding tert-OH is 1. The molecule has 0 aliphatic rings. The molecule has 0 aromatic carbocycles. The van der Waals surface area contributed by atoms with Gasteiger partial charge in [0.2, 0.25) is 0 Å². The number of hydrogen-bond donors (Lipinski definition) is 3. The summed E-state index contributed by atoms with van der Waals surface area (Å²) in [6.07, 6.45) is 6.38. The summed E-state index contributed by atoms with van der Waals surface area (Å²) < 4.78 is 0. The molecule has 0 saturated carbocycles. The quantitative estimate of drug-likeness (QED) is 0.325. The molecule has 4 nitrogen and oxygen atoms in total. The lowest BCUT2D eigenvalue weighted by Gasteiger charge is -2.18. The number of guanidine groups is 1. The summed E-state index contributed by atoms with van der Waals surface area (Å²) >= 11 is 0. The number of aliphatic hydroxyl groups is 1. The third-order valence-corrected chi connectivity index (χ3v) is 3.09. The Labute approximate surface area is 119 Å². The summed E-state index contributed by atoms with van der Waals surface area (Å²) in [5.74, 6) is 1.08. The first-order chi connectivity index (χ1) is 9.13. The molecule has 0 aliphatic heterocycles. The predicted octanol–water partition coefficient (Wildman–Crippen LogP) is 2.53. The monoisotopic (exact) mass is 271 g/mol. The van der Waals surface area contributed by atoms with Crippen LogP contribution in [0.5, 0.6) is 0 Å². The highest BCUT2D eigenvalue weighted by Gasteiger charge is 2.05. The third kappa shape index (κ3) is 10.8. The van der Waals surface area contributed by atoms with Crippen molar-refractivity contribution >= 4 is 5.96 Å². The Kier molecular flexibility index (Phi) is 11.8. The van der Waals surface area contributed by atoms with Gasteiger partial charge in [-0.1, -0.05) is 39.5 Å². The molecule has 0 amide bonds. The maximum Gasteiger partial charge on any atom is 0.191 e. The van der Waals surface area contributed by atoms with Crippen LogP contribution in [0, 0.1) is 5.92 Å². The summed E-state index contributed by atoms with van der Waals surface area (Å²) in [6, 6.07) is 0.444. The van der Waals surface area contributed by atoms with Gasteiger partial charge in [-0.15, -0.1) is 0 Å². The van der Waals surface area contributed by atoms with Gasteiger partial charge in [0.1, 0.15) is 0 Å². The van der Waals surface area contributed by atoms with Crippen LogP contribution in [0.3, 0.4) is 0 Å². The maximum absolute atomic E-state index is 9.02. The molecule has 2 atom stereocenters. The molecule has 2 unspecified atom stereocenters. The van der Waals surface area contributed by atoms with Gasteiger partial charge in [0.05, 0.1) is 0 Å². The van der Waals surface area contributed by atoms with Gasteiger partial charge in [-0.05, 0) is 26.2 Å². The van der Waals surface area contributed by atoms with E-state index < -0.39 is 0 Å². The number of nitrogens with zero attached hydrogens (tertiary/aromatic N) is 1. The van der Waals surface area contributed by atoms with Crippen molar-refractivity contribution in [1.82, 2.24) is 10.6 Å². The molecule has 0 spiro atoms. The van der Waals surface area contributed by atoms with E-state index in [1.807, 2.05) is 6.92 Å². The predicted molar refractivity (Wildman–Crippen MR) is 83.6 cm³/mol. The molecule has 0 rings (SSSR count). The molecule has 0 bridgehead atoms. The second kappa shape index (κ2) is 12.3. The van der Waals surface area contributed by atoms with Gasteiger partial charge >= 0.3 is 0 Å². The van der Waals surface area contributed by atoms with Crippen LogP contribution in [-0.4, -0.2) is 36.8 Å². The van der Waals surface area contributed by atoms with E-state index in [0.29, 0.717) is 12.6 Å². The Balaban J connectivity index is 4.02. The molecule has 19 heavy (non-hydrogen) atoms. The Morgan fingerprint density at radius 3 is 2.47 bits per heavy atom. The zero-order valence-corrected chi connectivity index (χ0v) is 13.2. The highest BCUT2D eigenvalue weighted by Crippen LogP contribution is 2.05. The first-order valence-electron chi connectivity index (χ1n) is 7.79. The van der Waals surface area contributed by atoms with Gasteiger partial charge in [0.25, 0.3) is 0 Å². The minimum Gasteiger partial charge on any atom is -0.396 e. The Bertz CT molecular complexity index is 231. The first-order valence-corrected chi connectivity index (χ1v) is 7.79. The third-order valence-electron chi connectivity index (χ3n) is 3.09. The molecule has 3 N–H and O–H groups in total. The highest BCUT2D eigenvalue weighted by atomic mass is 16.3. The van der Waals surface area contributed by atoms with E-state index >= 15 is 0 Å². The van der Waals surface area contributed by atoms with Crippen LogP contribution < -0.4 is 10.6 Å².